The Bertz CT molecular complexity index is 176. The average Bonchev–Trinajstić information content (AvgIpc) is 2.06. The smallest absolute Gasteiger partial charge is 0.0620 e. The largest absolute Gasteiger partial charge is 0.386 e. The van der Waals surface area contributed by atoms with Crippen molar-refractivity contribution >= 4 is 0 Å². The van der Waals surface area contributed by atoms with Gasteiger partial charge in [-0.05, 0) is 12.8 Å². The third-order valence-corrected chi connectivity index (χ3v) is 2.45. The number of piperazine rings is 1. The van der Waals surface area contributed by atoms with E-state index in [0.717, 1.165) is 25.9 Å². The number of nitrogens with one attached hydrogen (secondary N) is 2. The van der Waals surface area contributed by atoms with Gasteiger partial charge in [-0.2, -0.15) is 0 Å². The molecule has 0 aromatic rings. The Labute approximate surface area is 67.0 Å². The van der Waals surface area contributed by atoms with Crippen LogP contribution in [0.5, 0.6) is 0 Å². The summed E-state index contributed by atoms with van der Waals surface area (Å²) in [7, 11) is 0. The number of hydrogen-bond donors (Lipinski definition) is 3. The minimum atomic E-state index is 0.308. The molecule has 4 N–H and O–H groups in total. The zero-order valence-corrected chi connectivity index (χ0v) is 6.64. The van der Waals surface area contributed by atoms with E-state index in [1.54, 1.807) is 0 Å². The molecule has 1 fully saturated rings. The lowest BCUT2D eigenvalue weighted by Crippen LogP contribution is -2.56. The maximum atomic E-state index is 5.95. The highest BCUT2D eigenvalue weighted by atomic mass is 15.1. The molecule has 2 rings (SSSR count). The number of rotatable bonds is 0. The minimum absolute atomic E-state index is 0.308. The standard InChI is InChI=1S/C8H15N3/c9-6-2-1-3-7-8(6)11-5-4-10-7/h3,6,8,10-11H,1-2,4-5,9H2/t6-,8-/m1/s1. The van der Waals surface area contributed by atoms with E-state index in [4.69, 9.17) is 5.73 Å². The molecule has 2 aliphatic rings. The third kappa shape index (κ3) is 1.26. The van der Waals surface area contributed by atoms with Gasteiger partial charge in [-0.25, -0.2) is 0 Å². The number of fused-ring (bicyclic) bond motifs is 1. The molecule has 3 heteroatoms. The molecule has 62 valence electrons. The van der Waals surface area contributed by atoms with Crippen molar-refractivity contribution in [3.05, 3.63) is 11.8 Å². The molecule has 1 saturated heterocycles. The quantitative estimate of drug-likeness (QED) is 0.442. The number of nitrogens with two attached hydrogens (primary N) is 1. The highest BCUT2D eigenvalue weighted by molar-refractivity contribution is 5.17. The summed E-state index contributed by atoms with van der Waals surface area (Å²) < 4.78 is 0. The van der Waals surface area contributed by atoms with E-state index in [-0.39, 0.29) is 0 Å². The summed E-state index contributed by atoms with van der Waals surface area (Å²) in [5.74, 6) is 0. The van der Waals surface area contributed by atoms with E-state index in [9.17, 15) is 0 Å². The van der Waals surface area contributed by atoms with Gasteiger partial charge in [0.1, 0.15) is 0 Å². The topological polar surface area (TPSA) is 50.1 Å². The van der Waals surface area contributed by atoms with Crippen LogP contribution in [0, 0.1) is 0 Å². The zero-order chi connectivity index (χ0) is 7.68. The SMILES string of the molecule is N[C@@H]1CCC=C2NCCN[C@@H]21. The van der Waals surface area contributed by atoms with Crippen LogP contribution in [-0.4, -0.2) is 25.2 Å². The summed E-state index contributed by atoms with van der Waals surface area (Å²) in [6.45, 7) is 2.07. The minimum Gasteiger partial charge on any atom is -0.386 e. The van der Waals surface area contributed by atoms with Crippen molar-refractivity contribution in [2.45, 2.75) is 24.9 Å². The second kappa shape index (κ2) is 2.83. The summed E-state index contributed by atoms with van der Waals surface area (Å²) in [4.78, 5) is 0. The molecule has 0 bridgehead atoms. The first-order chi connectivity index (χ1) is 5.38. The van der Waals surface area contributed by atoms with Gasteiger partial charge in [0.15, 0.2) is 0 Å². The van der Waals surface area contributed by atoms with Crippen LogP contribution < -0.4 is 16.4 Å². The van der Waals surface area contributed by atoms with Crippen LogP contribution in [0.2, 0.25) is 0 Å². The van der Waals surface area contributed by atoms with Crippen molar-refractivity contribution in [2.75, 3.05) is 13.1 Å². The molecule has 0 saturated carbocycles. The Morgan fingerprint density at radius 2 is 2.36 bits per heavy atom. The van der Waals surface area contributed by atoms with Crippen LogP contribution >= 0.6 is 0 Å². The summed E-state index contributed by atoms with van der Waals surface area (Å²) in [6.07, 6.45) is 4.50. The Kier molecular flexibility index (Phi) is 1.84. The van der Waals surface area contributed by atoms with Crippen LogP contribution in [0.15, 0.2) is 11.8 Å². The van der Waals surface area contributed by atoms with E-state index in [0.29, 0.717) is 12.1 Å². The fourth-order valence-corrected chi connectivity index (χ4v) is 1.83. The molecule has 0 aromatic heterocycles. The van der Waals surface area contributed by atoms with Crippen molar-refractivity contribution in [3.8, 4) is 0 Å². The molecule has 0 spiro atoms. The van der Waals surface area contributed by atoms with Gasteiger partial charge in [0, 0.05) is 24.8 Å². The fourth-order valence-electron chi connectivity index (χ4n) is 1.83. The summed E-state index contributed by atoms with van der Waals surface area (Å²) in [5.41, 5.74) is 7.26. The number of hydrogen-bond acceptors (Lipinski definition) is 3. The lowest BCUT2D eigenvalue weighted by Gasteiger charge is -2.35. The highest BCUT2D eigenvalue weighted by Gasteiger charge is 2.26. The Hall–Kier alpha value is -0.540. The van der Waals surface area contributed by atoms with Crippen LogP contribution in [0.1, 0.15) is 12.8 Å². The first kappa shape index (κ1) is 7.13. The first-order valence-electron chi connectivity index (χ1n) is 4.31. The summed E-state index contributed by atoms with van der Waals surface area (Å²) >= 11 is 0. The molecule has 1 heterocycles. The summed E-state index contributed by atoms with van der Waals surface area (Å²) in [6, 6.07) is 0.709. The van der Waals surface area contributed by atoms with Crippen LogP contribution in [0.3, 0.4) is 0 Å². The molecule has 0 radical (unpaired) electrons. The summed E-state index contributed by atoms with van der Waals surface area (Å²) in [5, 5.41) is 6.79. The predicted molar refractivity (Wildman–Crippen MR) is 45.1 cm³/mol. The predicted octanol–water partition coefficient (Wildman–Crippen LogP) is -0.447. The molecule has 11 heavy (non-hydrogen) atoms. The lowest BCUT2D eigenvalue weighted by molar-refractivity contribution is 0.386. The van der Waals surface area contributed by atoms with E-state index in [1.807, 2.05) is 0 Å². The molecular formula is C8H15N3. The van der Waals surface area contributed by atoms with Gasteiger partial charge in [-0.3, -0.25) is 0 Å². The highest BCUT2D eigenvalue weighted by Crippen LogP contribution is 2.16. The van der Waals surface area contributed by atoms with E-state index in [1.165, 1.54) is 5.70 Å². The van der Waals surface area contributed by atoms with Gasteiger partial charge in [-0.15, -0.1) is 0 Å². The Morgan fingerprint density at radius 1 is 1.45 bits per heavy atom. The first-order valence-corrected chi connectivity index (χ1v) is 4.31. The average molecular weight is 153 g/mol. The fraction of sp³-hybridized carbons (Fsp3) is 0.750. The van der Waals surface area contributed by atoms with Crippen molar-refractivity contribution in [1.82, 2.24) is 10.6 Å². The molecular weight excluding hydrogens is 138 g/mol. The van der Waals surface area contributed by atoms with E-state index in [2.05, 4.69) is 16.7 Å². The maximum absolute atomic E-state index is 5.95. The molecule has 3 nitrogen and oxygen atoms in total. The van der Waals surface area contributed by atoms with Gasteiger partial charge in [-0.1, -0.05) is 6.08 Å². The van der Waals surface area contributed by atoms with Gasteiger partial charge < -0.3 is 16.4 Å². The monoisotopic (exact) mass is 153 g/mol. The van der Waals surface area contributed by atoms with E-state index >= 15 is 0 Å². The molecule has 1 aliphatic carbocycles. The van der Waals surface area contributed by atoms with Gasteiger partial charge in [0.25, 0.3) is 0 Å². The lowest BCUT2D eigenvalue weighted by atomic mass is 9.93. The molecule has 0 unspecified atom stereocenters. The third-order valence-electron chi connectivity index (χ3n) is 2.45. The normalized spacial score (nSPS) is 37.0. The maximum Gasteiger partial charge on any atom is 0.0620 e. The van der Waals surface area contributed by atoms with Crippen molar-refractivity contribution in [3.63, 3.8) is 0 Å². The molecule has 0 amide bonds. The van der Waals surface area contributed by atoms with Gasteiger partial charge in [0.05, 0.1) is 6.04 Å². The molecule has 0 aromatic carbocycles. The van der Waals surface area contributed by atoms with Crippen LogP contribution in [0.25, 0.3) is 0 Å². The van der Waals surface area contributed by atoms with Crippen LogP contribution in [-0.2, 0) is 0 Å². The Balaban J connectivity index is 2.13. The van der Waals surface area contributed by atoms with Crippen LogP contribution in [0.4, 0.5) is 0 Å². The number of allylic oxidation sites excluding steroid dienone is 1. The molecule has 1 aliphatic heterocycles. The second-order valence-electron chi connectivity index (χ2n) is 3.26. The van der Waals surface area contributed by atoms with Gasteiger partial charge in [0.2, 0.25) is 0 Å². The van der Waals surface area contributed by atoms with Crippen molar-refractivity contribution in [2.24, 2.45) is 5.73 Å². The molecule has 2 atom stereocenters. The Morgan fingerprint density at radius 3 is 3.18 bits per heavy atom. The second-order valence-corrected chi connectivity index (χ2v) is 3.26. The van der Waals surface area contributed by atoms with Gasteiger partial charge >= 0.3 is 0 Å². The van der Waals surface area contributed by atoms with Crippen molar-refractivity contribution in [1.29, 1.82) is 0 Å². The van der Waals surface area contributed by atoms with E-state index < -0.39 is 0 Å². The van der Waals surface area contributed by atoms with Crippen molar-refractivity contribution < 1.29 is 0 Å². The zero-order valence-electron chi connectivity index (χ0n) is 6.64.